The van der Waals surface area contributed by atoms with E-state index in [-0.39, 0.29) is 87.6 Å². The van der Waals surface area contributed by atoms with Crippen LogP contribution in [0.1, 0.15) is 147 Å². The summed E-state index contributed by atoms with van der Waals surface area (Å²) in [6.07, 6.45) is 0.506. The number of urea groups is 1. The van der Waals surface area contributed by atoms with Crippen molar-refractivity contribution >= 4 is 94.3 Å². The summed E-state index contributed by atoms with van der Waals surface area (Å²) >= 11 is 0. The van der Waals surface area contributed by atoms with Gasteiger partial charge in [-0.3, -0.25) is 71.9 Å². The number of aliphatic hydroxyl groups is 1. The molecule has 1 aliphatic rings. The Kier molecular flexibility index (Phi) is 40.5. The molecular weight excluding hydrogens is 1640 g/mol. The molecule has 123 heavy (non-hydrogen) atoms. The molecule has 2 aromatic carbocycles. The van der Waals surface area contributed by atoms with Crippen molar-refractivity contribution in [3.63, 3.8) is 0 Å². The average Bonchev–Trinajstić information content (AvgIpc) is 1.55. The number of carbonyl (C=O) groups is 11. The largest absolute Gasteiger partial charge is 0.472 e. The van der Waals surface area contributed by atoms with Gasteiger partial charge in [0.1, 0.15) is 50.0 Å². The number of likely N-dealkylation sites (tertiary alicyclic amines) is 1. The normalized spacial score (nSPS) is 16.4. The molecule has 0 bridgehead atoms. The number of sulfone groups is 1. The molecule has 0 aliphatic carbocycles. The van der Waals surface area contributed by atoms with Crippen LogP contribution in [0.15, 0.2) is 78.1 Å². The molecule has 4 aromatic rings. The molecule has 12 amide bonds. The van der Waals surface area contributed by atoms with E-state index in [1.807, 2.05) is 41.1 Å². The molecular formula is C80H126N18O23PS+. The molecule has 41 nitrogen and oxygen atoms in total. The molecule has 12 N–H and O–H groups in total. The number of anilines is 1. The molecule has 3 heterocycles. The van der Waals surface area contributed by atoms with Crippen molar-refractivity contribution in [2.24, 2.45) is 35.3 Å². The van der Waals surface area contributed by atoms with Gasteiger partial charge >= 0.3 is 25.6 Å². The molecule has 14 atom stereocenters. The van der Waals surface area contributed by atoms with Crippen LogP contribution in [0.2, 0.25) is 0 Å². The fraction of sp³-hybridized carbons (Fsp3) is 0.625. The molecule has 0 spiro atoms. The second kappa shape index (κ2) is 48.2. The van der Waals surface area contributed by atoms with Gasteiger partial charge in [-0.05, 0) is 86.0 Å². The van der Waals surface area contributed by atoms with Crippen molar-refractivity contribution < 1.29 is 108 Å². The van der Waals surface area contributed by atoms with Crippen LogP contribution in [0.5, 0.6) is 0 Å². The lowest BCUT2D eigenvalue weighted by molar-refractivity contribution is -0.870. The number of amides is 12. The van der Waals surface area contributed by atoms with Gasteiger partial charge in [0.2, 0.25) is 52.3 Å². The number of phosphoric ester groups is 1. The lowest BCUT2D eigenvalue weighted by Gasteiger charge is -2.41. The number of nitro groups is 1. The van der Waals surface area contributed by atoms with Crippen LogP contribution in [0.3, 0.4) is 0 Å². The molecule has 1 fully saturated rings. The lowest BCUT2D eigenvalue weighted by atomic mass is 9.89. The smallest absolute Gasteiger partial charge is 0.445 e. The number of aromatic nitrogens is 4. The summed E-state index contributed by atoms with van der Waals surface area (Å²) in [5.41, 5.74) is 5.22. The molecule has 2 aromatic heterocycles. The molecule has 684 valence electrons. The first-order valence-electron chi connectivity index (χ1n) is 40.8. The third-order valence-corrected chi connectivity index (χ3v) is 23.1. The number of likely N-dealkylation sites (N-methyl/N-ethyl adjacent to an activating group) is 3. The van der Waals surface area contributed by atoms with Gasteiger partial charge in [-0.15, -0.1) is 5.10 Å². The SMILES string of the molecule is CC[C@H](C)[C@@H]([C@@H](CC(=O)N1CCC[C@H]1[C@H](OC)[C@@H](C)C(=O)N[C@H](C)[C@@H](O)c1ccccc1)OC)N(C)C(=O)[C@@H](NC(=O)[C@H](C(C)C)N(C)C(=O)OCc1ccc(NC(=O)[C@H](CCCNC(N)=O)NC(=O)[C@@H](NC(=O)Cc2cn(CC[C@H](NC(=O)c3cnc(S(C)(=O)=O)c([N+](=O)[O-])c3)C(=O)NCCOP(=O)(O)OCC[N+](C)(C)C)nn2)C(C)C)cc1)C(C)C. The fourth-order valence-electron chi connectivity index (χ4n) is 14.0. The highest BCUT2D eigenvalue weighted by molar-refractivity contribution is 7.90. The maximum absolute atomic E-state index is 14.9. The van der Waals surface area contributed by atoms with Gasteiger partial charge in [0, 0.05) is 84.9 Å². The van der Waals surface area contributed by atoms with Crippen molar-refractivity contribution in [3.8, 4) is 0 Å². The number of rotatable bonds is 50. The van der Waals surface area contributed by atoms with Gasteiger partial charge in [-0.1, -0.05) is 116 Å². The van der Waals surface area contributed by atoms with Crippen LogP contribution in [0, 0.1) is 39.7 Å². The van der Waals surface area contributed by atoms with Crippen LogP contribution < -0.4 is 48.3 Å². The predicted octanol–water partition coefficient (Wildman–Crippen LogP) is 3.28. The fourth-order valence-corrected chi connectivity index (χ4v) is 15.5. The van der Waals surface area contributed by atoms with E-state index in [0.29, 0.717) is 60.3 Å². The quantitative estimate of drug-likeness (QED) is 0.00993. The van der Waals surface area contributed by atoms with E-state index >= 15 is 0 Å². The summed E-state index contributed by atoms with van der Waals surface area (Å²) < 4.78 is 66.4. The van der Waals surface area contributed by atoms with E-state index in [0.717, 1.165) is 11.1 Å². The van der Waals surface area contributed by atoms with E-state index in [2.05, 4.69) is 57.8 Å². The molecule has 5 rings (SSSR count). The first-order chi connectivity index (χ1) is 57.6. The number of nitrogens with one attached hydrogen (secondary N) is 8. The number of pyridine rings is 1. The van der Waals surface area contributed by atoms with Crippen molar-refractivity contribution in [2.75, 3.05) is 100 Å². The number of nitrogens with zero attached hydrogens (tertiary/aromatic N) is 9. The van der Waals surface area contributed by atoms with Crippen molar-refractivity contribution in [1.29, 1.82) is 0 Å². The van der Waals surface area contributed by atoms with Gasteiger partial charge in [0.25, 0.3) is 5.91 Å². The number of benzene rings is 2. The summed E-state index contributed by atoms with van der Waals surface area (Å²) in [5, 5.41) is 51.3. The summed E-state index contributed by atoms with van der Waals surface area (Å²) in [5.74, 6) is -8.32. The number of hydrogen-bond acceptors (Lipinski definition) is 25. The Morgan fingerprint density at radius 2 is 1.41 bits per heavy atom. The maximum atomic E-state index is 14.9. The standard InChI is InChI=1S/C80H125N18O23PS/c1-19-50(8)68(62(117-16)43-64(100)96-36-24-28-60(96)70(118-17)51(9)71(102)85-52(10)69(101)54-25-21-20-22-26-54)93(11)78(108)66(48(4)5)90-76(107)67(49(6)7)94(12)80(110)119-46-53-29-31-56(32-30-53)86-74(105)58(27-23-34-83-79(81)109)88-75(106)65(47(2)3)89-63(99)42-57-45-95(92-91-57)37-33-59(73(104)82-35-39-120-122(113,114)121-40-38-98(13,14)15)87-72(103)55-41-61(97(111)112)77(84-44-55)123(18,115)116/h20-22,25-26,29-32,41,44-45,47-52,58-60,62,65-70,101H,19,23-24,27-28,33-40,42-43,46H2,1-18H3,(H10-,81,82,83,85,86,87,88,89,90,99,102,103,104,105,106,107,109,113,114)/p+1/t50-,51+,52+,58-,59-,60-,62+,65-,66-,67-,68-,69+,70+/m0/s1. The average molecular weight is 1770 g/mol. The van der Waals surface area contributed by atoms with Gasteiger partial charge in [-0.2, -0.15) is 0 Å². The highest BCUT2D eigenvalue weighted by atomic mass is 32.2. The third-order valence-electron chi connectivity index (χ3n) is 21.0. The number of quaternary nitrogens is 1. The highest BCUT2D eigenvalue weighted by Gasteiger charge is 2.45. The molecule has 0 radical (unpaired) electrons. The van der Waals surface area contributed by atoms with Gasteiger partial charge < -0.3 is 86.8 Å². The van der Waals surface area contributed by atoms with Crippen molar-refractivity contribution in [1.82, 2.24) is 71.9 Å². The van der Waals surface area contributed by atoms with Gasteiger partial charge in [-0.25, -0.2) is 27.6 Å². The number of carbonyl (C=O) groups excluding carboxylic acids is 11. The highest BCUT2D eigenvalue weighted by Crippen LogP contribution is 2.43. The predicted molar refractivity (Wildman–Crippen MR) is 450 cm³/mol. The Hall–Kier alpha value is -10.2. The first kappa shape index (κ1) is 103. The number of nitrogens with two attached hydrogens (primary N) is 1. The number of aliphatic hydroxyl groups excluding tert-OH is 1. The van der Waals surface area contributed by atoms with E-state index in [4.69, 9.17) is 29.0 Å². The Morgan fingerprint density at radius 3 is 2.00 bits per heavy atom. The van der Waals surface area contributed by atoms with E-state index in [9.17, 15) is 85.8 Å². The van der Waals surface area contributed by atoms with Crippen LogP contribution in [0.25, 0.3) is 0 Å². The lowest BCUT2D eigenvalue weighted by Crippen LogP contribution is -2.60. The number of ether oxygens (including phenoxy) is 3. The summed E-state index contributed by atoms with van der Waals surface area (Å²) in [6.45, 7) is 16.9. The zero-order valence-corrected chi connectivity index (χ0v) is 75.1. The van der Waals surface area contributed by atoms with Crippen LogP contribution in [0.4, 0.5) is 21.0 Å². The second-order valence-electron chi connectivity index (χ2n) is 32.8. The number of methoxy groups -OCH3 is 2. The number of primary amides is 1. The Morgan fingerprint density at radius 1 is 0.772 bits per heavy atom. The molecule has 1 saturated heterocycles. The Labute approximate surface area is 718 Å². The molecule has 43 heteroatoms. The molecule has 1 aliphatic heterocycles. The van der Waals surface area contributed by atoms with Crippen LogP contribution in [-0.4, -0.2) is 283 Å². The Bertz CT molecular complexity index is 4410. The molecule has 0 saturated carbocycles. The maximum Gasteiger partial charge on any atom is 0.472 e. The van der Waals surface area contributed by atoms with Gasteiger partial charge in [0.05, 0.1) is 99.1 Å². The van der Waals surface area contributed by atoms with Gasteiger partial charge in [0.15, 0.2) is 9.84 Å². The topological polar surface area (TPSA) is 544 Å². The minimum atomic E-state index is -4.56. The van der Waals surface area contributed by atoms with E-state index in [1.54, 1.807) is 104 Å². The van der Waals surface area contributed by atoms with Crippen molar-refractivity contribution in [3.05, 3.63) is 106 Å². The van der Waals surface area contributed by atoms with Crippen LogP contribution >= 0.6 is 7.82 Å². The minimum absolute atomic E-state index is 0.0205. The van der Waals surface area contributed by atoms with E-state index < -0.39 is 196 Å². The number of aryl methyl sites for hydroxylation is 1. The third kappa shape index (κ3) is 32.1. The minimum Gasteiger partial charge on any atom is -0.445 e. The van der Waals surface area contributed by atoms with Crippen LogP contribution in [-0.2, 0) is 95.6 Å². The summed E-state index contributed by atoms with van der Waals surface area (Å²) in [7, 11) is 2.71. The zero-order valence-electron chi connectivity index (χ0n) is 73.4. The summed E-state index contributed by atoms with van der Waals surface area (Å²) in [6, 6.07) is 6.99. The number of phosphoric acid groups is 1. The zero-order chi connectivity index (χ0) is 92.1. The molecule has 1 unspecified atom stereocenters. The summed E-state index contributed by atoms with van der Waals surface area (Å²) in [4.78, 5) is 181. The second-order valence-corrected chi connectivity index (χ2v) is 36.2. The first-order valence-corrected chi connectivity index (χ1v) is 44.1. The monoisotopic (exact) mass is 1770 g/mol. The van der Waals surface area contributed by atoms with Crippen molar-refractivity contribution in [2.45, 2.75) is 205 Å². The number of hydrogen-bond donors (Lipinski definition) is 11. The Balaban J connectivity index is 1.20. The van der Waals surface area contributed by atoms with E-state index in [1.165, 1.54) is 49.2 Å².